The fourth-order valence-corrected chi connectivity index (χ4v) is 5.28. The number of hydrogen-bond acceptors (Lipinski definition) is 5. The van der Waals surface area contributed by atoms with Crippen molar-refractivity contribution in [2.24, 2.45) is 0 Å². The molecule has 2 aliphatic rings. The molecule has 2 aliphatic heterocycles. The molecule has 4 heterocycles. The zero-order valence-electron chi connectivity index (χ0n) is 19.2. The van der Waals surface area contributed by atoms with Crippen LogP contribution in [0, 0.1) is 6.92 Å². The SMILES string of the molecule is Cc1c(Cl)cccc1-c1ccc(C2C(c3ccccn3)NC(=S)N2CCCN2CCOCC2)o1. The number of halogens is 1. The highest BCUT2D eigenvalue weighted by atomic mass is 35.5. The minimum absolute atomic E-state index is 0.0830. The summed E-state index contributed by atoms with van der Waals surface area (Å²) in [4.78, 5) is 9.32. The Balaban J connectivity index is 1.41. The Bertz CT molecular complexity index is 1130. The topological polar surface area (TPSA) is 53.8 Å². The normalized spacial score (nSPS) is 21.1. The van der Waals surface area contributed by atoms with Crippen molar-refractivity contribution in [2.45, 2.75) is 25.4 Å². The molecule has 2 aromatic heterocycles. The molecule has 0 bridgehead atoms. The Morgan fingerprint density at radius 3 is 2.74 bits per heavy atom. The zero-order valence-corrected chi connectivity index (χ0v) is 20.8. The highest BCUT2D eigenvalue weighted by molar-refractivity contribution is 7.80. The highest BCUT2D eigenvalue weighted by Gasteiger charge is 2.41. The molecule has 0 saturated carbocycles. The van der Waals surface area contributed by atoms with Crippen molar-refractivity contribution in [1.82, 2.24) is 20.1 Å². The van der Waals surface area contributed by atoms with Gasteiger partial charge in [0, 0.05) is 43.0 Å². The fourth-order valence-electron chi connectivity index (χ4n) is 4.78. The first kappa shape index (κ1) is 23.3. The fraction of sp³-hybridized carbons (Fsp3) is 0.385. The van der Waals surface area contributed by atoms with E-state index in [1.54, 1.807) is 0 Å². The van der Waals surface area contributed by atoms with E-state index in [2.05, 4.69) is 26.2 Å². The van der Waals surface area contributed by atoms with E-state index in [1.807, 2.05) is 55.6 Å². The number of benzene rings is 1. The summed E-state index contributed by atoms with van der Waals surface area (Å²) >= 11 is 12.2. The lowest BCUT2D eigenvalue weighted by Gasteiger charge is -2.29. The standard InChI is InChI=1S/C26H29ClN4O2S/c1-18-19(6-4-7-20(18)27)22-9-10-23(33-22)25-24(21-8-2-3-11-28-21)29-26(34)31(25)13-5-12-30-14-16-32-17-15-30/h2-4,6-11,24-25H,5,12-17H2,1H3,(H,29,34). The molecular formula is C26H29ClN4O2S. The molecule has 0 spiro atoms. The van der Waals surface area contributed by atoms with Crippen LogP contribution in [-0.2, 0) is 4.74 Å². The van der Waals surface area contributed by atoms with Gasteiger partial charge in [0.15, 0.2) is 5.11 Å². The molecule has 0 amide bonds. The van der Waals surface area contributed by atoms with E-state index >= 15 is 0 Å². The molecule has 0 aliphatic carbocycles. The average molecular weight is 497 g/mol. The third kappa shape index (κ3) is 4.84. The van der Waals surface area contributed by atoms with Gasteiger partial charge in [-0.3, -0.25) is 9.88 Å². The average Bonchev–Trinajstić information content (AvgIpc) is 3.47. The highest BCUT2D eigenvalue weighted by Crippen LogP contribution is 2.41. The van der Waals surface area contributed by atoms with E-state index in [1.165, 1.54) is 0 Å². The largest absolute Gasteiger partial charge is 0.459 e. The Labute approximate surface area is 210 Å². The summed E-state index contributed by atoms with van der Waals surface area (Å²) in [5.74, 6) is 1.67. The van der Waals surface area contributed by atoms with E-state index in [0.29, 0.717) is 0 Å². The molecule has 6 nitrogen and oxygen atoms in total. The summed E-state index contributed by atoms with van der Waals surface area (Å²) < 4.78 is 11.9. The summed E-state index contributed by atoms with van der Waals surface area (Å²) in [5, 5.41) is 4.97. The van der Waals surface area contributed by atoms with E-state index in [0.717, 1.165) is 84.3 Å². The number of rotatable bonds is 7. The van der Waals surface area contributed by atoms with Crippen molar-refractivity contribution in [3.8, 4) is 11.3 Å². The third-order valence-electron chi connectivity index (χ3n) is 6.63. The Morgan fingerprint density at radius 2 is 1.94 bits per heavy atom. The van der Waals surface area contributed by atoms with Gasteiger partial charge in [-0.15, -0.1) is 0 Å². The molecule has 8 heteroatoms. The molecule has 2 atom stereocenters. The lowest BCUT2D eigenvalue weighted by molar-refractivity contribution is 0.0365. The number of hydrogen-bond donors (Lipinski definition) is 1. The van der Waals surface area contributed by atoms with Gasteiger partial charge in [-0.25, -0.2) is 0 Å². The molecule has 2 fully saturated rings. The molecule has 3 aromatic rings. The van der Waals surface area contributed by atoms with Crippen molar-refractivity contribution in [2.75, 3.05) is 39.4 Å². The molecule has 1 aromatic carbocycles. The summed E-state index contributed by atoms with van der Waals surface area (Å²) in [5.41, 5.74) is 2.96. The van der Waals surface area contributed by atoms with Gasteiger partial charge in [-0.2, -0.15) is 0 Å². The van der Waals surface area contributed by atoms with Crippen molar-refractivity contribution >= 4 is 28.9 Å². The van der Waals surface area contributed by atoms with Gasteiger partial charge < -0.3 is 19.4 Å². The predicted octanol–water partition coefficient (Wildman–Crippen LogP) is 5.00. The molecule has 178 valence electrons. The van der Waals surface area contributed by atoms with Crippen LogP contribution in [0.3, 0.4) is 0 Å². The van der Waals surface area contributed by atoms with Gasteiger partial charge in [0.25, 0.3) is 0 Å². The van der Waals surface area contributed by atoms with Crippen molar-refractivity contribution in [3.05, 3.63) is 76.8 Å². The number of furan rings is 1. The second-order valence-electron chi connectivity index (χ2n) is 8.74. The number of aromatic nitrogens is 1. The number of morpholine rings is 1. The van der Waals surface area contributed by atoms with Gasteiger partial charge in [0.05, 0.1) is 24.9 Å². The molecule has 5 rings (SSSR count). The minimum atomic E-state index is -0.0865. The van der Waals surface area contributed by atoms with Gasteiger partial charge in [0.2, 0.25) is 0 Å². The lowest BCUT2D eigenvalue weighted by Crippen LogP contribution is -2.38. The lowest BCUT2D eigenvalue weighted by atomic mass is 10.0. The van der Waals surface area contributed by atoms with Crippen molar-refractivity contribution in [1.29, 1.82) is 0 Å². The smallest absolute Gasteiger partial charge is 0.170 e. The molecule has 0 radical (unpaired) electrons. The van der Waals surface area contributed by atoms with E-state index in [9.17, 15) is 0 Å². The Hall–Kier alpha value is -2.45. The van der Waals surface area contributed by atoms with Crippen LogP contribution in [0.15, 0.2) is 59.1 Å². The number of pyridine rings is 1. The first-order chi connectivity index (χ1) is 16.6. The number of thiocarbonyl (C=S) groups is 1. The van der Waals surface area contributed by atoms with Crippen LogP contribution in [0.5, 0.6) is 0 Å². The second-order valence-corrected chi connectivity index (χ2v) is 9.54. The van der Waals surface area contributed by atoms with Crippen LogP contribution in [0.1, 0.15) is 35.5 Å². The molecule has 2 saturated heterocycles. The maximum Gasteiger partial charge on any atom is 0.170 e. The minimum Gasteiger partial charge on any atom is -0.459 e. The van der Waals surface area contributed by atoms with E-state index in [-0.39, 0.29) is 12.1 Å². The second kappa shape index (κ2) is 10.4. The number of nitrogens with one attached hydrogen (secondary N) is 1. The molecular weight excluding hydrogens is 468 g/mol. The van der Waals surface area contributed by atoms with Crippen LogP contribution in [-0.4, -0.2) is 59.3 Å². The monoisotopic (exact) mass is 496 g/mol. The van der Waals surface area contributed by atoms with Crippen LogP contribution in [0.4, 0.5) is 0 Å². The third-order valence-corrected chi connectivity index (χ3v) is 7.39. The first-order valence-electron chi connectivity index (χ1n) is 11.7. The van der Waals surface area contributed by atoms with Crippen LogP contribution in [0.2, 0.25) is 5.02 Å². The van der Waals surface area contributed by atoms with E-state index in [4.69, 9.17) is 33.0 Å². The van der Waals surface area contributed by atoms with Crippen LogP contribution < -0.4 is 5.32 Å². The summed E-state index contributed by atoms with van der Waals surface area (Å²) in [7, 11) is 0. The maximum absolute atomic E-state index is 6.46. The van der Waals surface area contributed by atoms with Gasteiger partial charge in [-0.1, -0.05) is 29.8 Å². The maximum atomic E-state index is 6.46. The van der Waals surface area contributed by atoms with Crippen molar-refractivity contribution < 1.29 is 9.15 Å². The zero-order chi connectivity index (χ0) is 23.5. The number of ether oxygens (including phenoxy) is 1. The van der Waals surface area contributed by atoms with Gasteiger partial charge >= 0.3 is 0 Å². The number of nitrogens with zero attached hydrogens (tertiary/aromatic N) is 3. The van der Waals surface area contributed by atoms with Crippen LogP contribution in [0.25, 0.3) is 11.3 Å². The van der Waals surface area contributed by atoms with Gasteiger partial charge in [0.1, 0.15) is 17.6 Å². The Morgan fingerprint density at radius 1 is 1.09 bits per heavy atom. The van der Waals surface area contributed by atoms with Gasteiger partial charge in [-0.05, 0) is 61.5 Å². The molecule has 1 N–H and O–H groups in total. The van der Waals surface area contributed by atoms with Crippen LogP contribution >= 0.6 is 23.8 Å². The molecule has 34 heavy (non-hydrogen) atoms. The quantitative estimate of drug-likeness (QED) is 0.462. The Kier molecular flexibility index (Phi) is 7.15. The summed E-state index contributed by atoms with van der Waals surface area (Å²) in [6.07, 6.45) is 2.83. The predicted molar refractivity (Wildman–Crippen MR) is 138 cm³/mol. The molecule has 2 unspecified atom stereocenters. The van der Waals surface area contributed by atoms with Crippen molar-refractivity contribution in [3.63, 3.8) is 0 Å². The van der Waals surface area contributed by atoms with E-state index < -0.39 is 0 Å². The summed E-state index contributed by atoms with van der Waals surface area (Å²) in [6.45, 7) is 7.48. The summed E-state index contributed by atoms with van der Waals surface area (Å²) in [6, 6.07) is 15.8. The first-order valence-corrected chi connectivity index (χ1v) is 12.5.